The quantitative estimate of drug-likeness (QED) is 0.359. The van der Waals surface area contributed by atoms with Crippen LogP contribution in [-0.2, 0) is 14.9 Å². The van der Waals surface area contributed by atoms with E-state index in [1.807, 2.05) is 30.3 Å². The predicted octanol–water partition coefficient (Wildman–Crippen LogP) is 3.66. The molecule has 0 saturated carbocycles. The van der Waals surface area contributed by atoms with Crippen molar-refractivity contribution in [2.75, 3.05) is 18.1 Å². The highest BCUT2D eigenvalue weighted by molar-refractivity contribution is 5.94. The molecule has 124 valence electrons. The summed E-state index contributed by atoms with van der Waals surface area (Å²) >= 11 is 0. The SMILES string of the molecule is CCOC(=O)N1c2ccccc2[C@@]23C=CC[C@H](N=[N+]=[N-])[C@@]12OCC3. The lowest BCUT2D eigenvalue weighted by Crippen LogP contribution is -2.65. The van der Waals surface area contributed by atoms with Crippen LogP contribution in [0.3, 0.4) is 0 Å². The number of anilines is 1. The number of amides is 1. The van der Waals surface area contributed by atoms with Gasteiger partial charge in [0.05, 0.1) is 30.4 Å². The minimum atomic E-state index is -1.05. The van der Waals surface area contributed by atoms with Gasteiger partial charge >= 0.3 is 6.09 Å². The summed E-state index contributed by atoms with van der Waals surface area (Å²) in [6.45, 7) is 2.53. The lowest BCUT2D eigenvalue weighted by atomic mass is 9.67. The van der Waals surface area contributed by atoms with E-state index in [-0.39, 0.29) is 6.61 Å². The lowest BCUT2D eigenvalue weighted by Gasteiger charge is -2.47. The average Bonchev–Trinajstić information content (AvgIpc) is 3.08. The molecule has 0 N–H and O–H groups in total. The van der Waals surface area contributed by atoms with Gasteiger partial charge in [-0.2, -0.15) is 0 Å². The molecule has 7 nitrogen and oxygen atoms in total. The van der Waals surface area contributed by atoms with Gasteiger partial charge in [0, 0.05) is 4.91 Å². The molecule has 0 aromatic heterocycles. The molecule has 0 bridgehead atoms. The van der Waals surface area contributed by atoms with Crippen molar-refractivity contribution in [1.82, 2.24) is 0 Å². The number of carbonyl (C=O) groups is 1. The minimum absolute atomic E-state index is 0.266. The number of nitrogens with zero attached hydrogens (tertiary/aromatic N) is 4. The van der Waals surface area contributed by atoms with E-state index in [9.17, 15) is 4.79 Å². The summed E-state index contributed by atoms with van der Waals surface area (Å²) in [4.78, 5) is 17.4. The fourth-order valence-electron chi connectivity index (χ4n) is 4.49. The van der Waals surface area contributed by atoms with E-state index in [0.717, 1.165) is 17.7 Å². The number of benzene rings is 1. The molecular formula is C17H18N4O3. The molecule has 0 spiro atoms. The van der Waals surface area contributed by atoms with Gasteiger partial charge in [0.2, 0.25) is 0 Å². The van der Waals surface area contributed by atoms with Crippen molar-refractivity contribution < 1.29 is 14.3 Å². The third-order valence-electron chi connectivity index (χ3n) is 5.27. The Kier molecular flexibility index (Phi) is 3.30. The van der Waals surface area contributed by atoms with Crippen LogP contribution in [-0.4, -0.2) is 31.1 Å². The number of azide groups is 1. The van der Waals surface area contributed by atoms with Crippen molar-refractivity contribution in [1.29, 1.82) is 0 Å². The van der Waals surface area contributed by atoms with E-state index >= 15 is 0 Å². The summed E-state index contributed by atoms with van der Waals surface area (Å²) in [6.07, 6.45) is 4.92. The first-order valence-corrected chi connectivity index (χ1v) is 8.13. The van der Waals surface area contributed by atoms with Crippen LogP contribution in [0, 0.1) is 0 Å². The van der Waals surface area contributed by atoms with Crippen LogP contribution in [0.15, 0.2) is 41.5 Å². The summed E-state index contributed by atoms with van der Waals surface area (Å²) in [6, 6.07) is 7.24. The molecule has 1 fully saturated rings. The van der Waals surface area contributed by atoms with Crippen molar-refractivity contribution in [3.05, 3.63) is 52.4 Å². The van der Waals surface area contributed by atoms with Crippen molar-refractivity contribution in [2.45, 2.75) is 36.9 Å². The molecule has 1 aliphatic carbocycles. The molecule has 3 atom stereocenters. The summed E-state index contributed by atoms with van der Waals surface area (Å²) in [7, 11) is 0. The van der Waals surface area contributed by atoms with Crippen LogP contribution in [0.5, 0.6) is 0 Å². The van der Waals surface area contributed by atoms with Crippen LogP contribution in [0.4, 0.5) is 10.5 Å². The van der Waals surface area contributed by atoms with E-state index < -0.39 is 23.3 Å². The number of para-hydroxylation sites is 1. The fourth-order valence-corrected chi connectivity index (χ4v) is 4.49. The monoisotopic (exact) mass is 326 g/mol. The van der Waals surface area contributed by atoms with Crippen LogP contribution >= 0.6 is 0 Å². The highest BCUT2D eigenvalue weighted by Crippen LogP contribution is 2.62. The number of fused-ring (bicyclic) bond motifs is 1. The van der Waals surface area contributed by atoms with Crippen LogP contribution in [0.2, 0.25) is 0 Å². The second-order valence-electron chi connectivity index (χ2n) is 6.18. The fraction of sp³-hybridized carbons (Fsp3) is 0.471. The number of hydrogen-bond acceptors (Lipinski definition) is 4. The molecule has 1 aromatic carbocycles. The van der Waals surface area contributed by atoms with E-state index in [1.54, 1.807) is 11.8 Å². The standard InChI is InChI=1S/C17H18N4O3/c1-2-23-15(22)21-13-7-4-3-6-12(13)16-9-5-8-14(19-20-18)17(16,21)24-11-10-16/h3-7,9,14H,2,8,10-11H2,1H3/t14-,16-,17-/m0/s1. The Balaban J connectivity index is 2.00. The van der Waals surface area contributed by atoms with E-state index in [4.69, 9.17) is 15.0 Å². The van der Waals surface area contributed by atoms with Gasteiger partial charge in [-0.25, -0.2) is 9.69 Å². The number of carbonyl (C=O) groups excluding carboxylic acids is 1. The zero-order valence-corrected chi connectivity index (χ0v) is 13.4. The maximum atomic E-state index is 12.8. The Morgan fingerprint density at radius 2 is 2.38 bits per heavy atom. The topological polar surface area (TPSA) is 87.5 Å². The third kappa shape index (κ3) is 1.60. The predicted molar refractivity (Wildman–Crippen MR) is 87.6 cm³/mol. The van der Waals surface area contributed by atoms with Gasteiger partial charge in [-0.1, -0.05) is 35.5 Å². The van der Waals surface area contributed by atoms with Gasteiger partial charge in [0.25, 0.3) is 0 Å². The first-order chi connectivity index (χ1) is 11.7. The molecule has 1 aromatic rings. The molecule has 2 aliphatic heterocycles. The Hall–Kier alpha value is -2.50. The average molecular weight is 326 g/mol. The third-order valence-corrected chi connectivity index (χ3v) is 5.27. The maximum Gasteiger partial charge on any atom is 0.416 e. The zero-order valence-electron chi connectivity index (χ0n) is 13.4. The van der Waals surface area contributed by atoms with E-state index in [2.05, 4.69) is 16.1 Å². The molecule has 7 heteroatoms. The lowest BCUT2D eigenvalue weighted by molar-refractivity contribution is -0.0392. The Labute approximate surface area is 139 Å². The number of rotatable bonds is 2. The summed E-state index contributed by atoms with van der Waals surface area (Å²) in [5.41, 5.74) is 9.27. The largest absolute Gasteiger partial charge is 0.449 e. The minimum Gasteiger partial charge on any atom is -0.449 e. The van der Waals surface area contributed by atoms with Gasteiger partial charge in [-0.3, -0.25) is 0 Å². The van der Waals surface area contributed by atoms with Crippen LogP contribution in [0.25, 0.3) is 10.4 Å². The second kappa shape index (κ2) is 5.26. The molecular weight excluding hydrogens is 308 g/mol. The molecule has 24 heavy (non-hydrogen) atoms. The highest BCUT2D eigenvalue weighted by Gasteiger charge is 2.70. The molecule has 1 amide bonds. The highest BCUT2D eigenvalue weighted by atomic mass is 16.6. The van der Waals surface area contributed by atoms with Crippen LogP contribution < -0.4 is 4.90 Å². The van der Waals surface area contributed by atoms with Gasteiger partial charge in [0.15, 0.2) is 5.72 Å². The van der Waals surface area contributed by atoms with Gasteiger partial charge in [0.1, 0.15) is 0 Å². The van der Waals surface area contributed by atoms with E-state index in [0.29, 0.717) is 13.0 Å². The normalized spacial score (nSPS) is 32.5. The molecule has 4 rings (SSSR count). The van der Waals surface area contributed by atoms with Gasteiger partial charge in [-0.15, -0.1) is 0 Å². The second-order valence-corrected chi connectivity index (χ2v) is 6.18. The number of hydrogen-bond donors (Lipinski definition) is 0. The Bertz CT molecular complexity index is 773. The molecule has 0 radical (unpaired) electrons. The number of ether oxygens (including phenoxy) is 2. The summed E-state index contributed by atoms with van der Waals surface area (Å²) in [5, 5.41) is 3.99. The van der Waals surface area contributed by atoms with Crippen molar-refractivity contribution in [2.24, 2.45) is 5.11 Å². The van der Waals surface area contributed by atoms with Crippen molar-refractivity contribution in [3.63, 3.8) is 0 Å². The molecule has 1 saturated heterocycles. The van der Waals surface area contributed by atoms with Crippen LogP contribution in [0.1, 0.15) is 25.3 Å². The Morgan fingerprint density at radius 1 is 1.54 bits per heavy atom. The zero-order chi connectivity index (χ0) is 16.8. The van der Waals surface area contributed by atoms with E-state index in [1.165, 1.54) is 0 Å². The van der Waals surface area contributed by atoms with Gasteiger partial charge < -0.3 is 9.47 Å². The molecule has 2 heterocycles. The summed E-state index contributed by atoms with van der Waals surface area (Å²) < 4.78 is 11.5. The molecule has 0 unspecified atom stereocenters. The van der Waals surface area contributed by atoms with Crippen molar-refractivity contribution >= 4 is 11.8 Å². The van der Waals surface area contributed by atoms with Gasteiger partial charge in [-0.05, 0) is 36.9 Å². The van der Waals surface area contributed by atoms with Crippen molar-refractivity contribution in [3.8, 4) is 0 Å². The first-order valence-electron chi connectivity index (χ1n) is 8.13. The smallest absolute Gasteiger partial charge is 0.416 e. The maximum absolute atomic E-state index is 12.8. The molecule has 3 aliphatic rings. The first kappa shape index (κ1) is 15.1. The summed E-state index contributed by atoms with van der Waals surface area (Å²) in [5.74, 6) is 0. The Morgan fingerprint density at radius 3 is 3.17 bits per heavy atom.